The average molecular weight is 450 g/mol. The summed E-state index contributed by atoms with van der Waals surface area (Å²) in [5, 5.41) is 3.32. The summed E-state index contributed by atoms with van der Waals surface area (Å²) in [6, 6.07) is 3.84. The Morgan fingerprint density at radius 2 is 2.00 bits per heavy atom. The number of aliphatic imine (C=N–C) groups is 1. The van der Waals surface area contributed by atoms with Gasteiger partial charge in [0.05, 0.1) is 12.8 Å². The molecule has 1 N–H and O–H groups in total. The minimum absolute atomic E-state index is 0. The summed E-state index contributed by atoms with van der Waals surface area (Å²) >= 11 is 0. The third-order valence-corrected chi connectivity index (χ3v) is 3.57. The van der Waals surface area contributed by atoms with Crippen LogP contribution in [0.2, 0.25) is 0 Å². The standard InChI is InChI=1S/C17H30N4O2.HI/c1-5-11-18-17(19-12-10-15-9-8-13-23-15)20(4)14-16(22)21(6-2)7-3;/h8-9,13H,5-7,10-12,14H2,1-4H3,(H,18,19);1H. The summed E-state index contributed by atoms with van der Waals surface area (Å²) in [6.07, 6.45) is 3.44. The lowest BCUT2D eigenvalue weighted by atomic mass is 10.3. The highest BCUT2D eigenvalue weighted by atomic mass is 127. The number of furan rings is 1. The number of likely N-dealkylation sites (N-methyl/N-ethyl adjacent to an activating group) is 2. The van der Waals surface area contributed by atoms with E-state index < -0.39 is 0 Å². The molecule has 0 atom stereocenters. The first-order valence-corrected chi connectivity index (χ1v) is 8.41. The second kappa shape index (κ2) is 13.1. The van der Waals surface area contributed by atoms with Gasteiger partial charge in [-0.05, 0) is 32.4 Å². The molecule has 24 heavy (non-hydrogen) atoms. The monoisotopic (exact) mass is 450 g/mol. The number of carbonyl (C=O) groups excluding carboxylic acids is 1. The van der Waals surface area contributed by atoms with Crippen molar-refractivity contribution in [2.24, 2.45) is 4.99 Å². The van der Waals surface area contributed by atoms with E-state index in [4.69, 9.17) is 4.42 Å². The molecule has 0 saturated heterocycles. The van der Waals surface area contributed by atoms with Crippen molar-refractivity contribution in [3.63, 3.8) is 0 Å². The van der Waals surface area contributed by atoms with Gasteiger partial charge in [0.25, 0.3) is 0 Å². The zero-order chi connectivity index (χ0) is 17.1. The van der Waals surface area contributed by atoms with Crippen LogP contribution in [0.4, 0.5) is 0 Å². The number of carbonyl (C=O) groups is 1. The fourth-order valence-electron chi connectivity index (χ4n) is 2.24. The fraction of sp³-hybridized carbons (Fsp3) is 0.647. The van der Waals surface area contributed by atoms with E-state index in [9.17, 15) is 4.79 Å². The molecule has 0 aliphatic carbocycles. The molecule has 138 valence electrons. The highest BCUT2D eigenvalue weighted by molar-refractivity contribution is 14.0. The molecular weight excluding hydrogens is 419 g/mol. The molecule has 1 aromatic rings. The molecule has 0 bridgehead atoms. The first kappa shape index (κ1) is 22.8. The van der Waals surface area contributed by atoms with Crippen molar-refractivity contribution < 1.29 is 9.21 Å². The van der Waals surface area contributed by atoms with E-state index in [0.29, 0.717) is 6.54 Å². The van der Waals surface area contributed by atoms with Crippen molar-refractivity contribution >= 4 is 35.8 Å². The molecule has 0 aliphatic rings. The Labute approximate surface area is 162 Å². The Hall–Kier alpha value is -1.25. The molecule has 0 saturated carbocycles. The predicted octanol–water partition coefficient (Wildman–Crippen LogP) is 2.60. The molecule has 6 nitrogen and oxygen atoms in total. The zero-order valence-electron chi connectivity index (χ0n) is 15.2. The van der Waals surface area contributed by atoms with Crippen LogP contribution in [-0.4, -0.2) is 61.4 Å². The molecule has 1 rings (SSSR count). The predicted molar refractivity (Wildman–Crippen MR) is 109 cm³/mol. The van der Waals surface area contributed by atoms with Crippen molar-refractivity contribution in [3.05, 3.63) is 24.2 Å². The van der Waals surface area contributed by atoms with E-state index in [0.717, 1.165) is 50.7 Å². The number of hydrogen-bond acceptors (Lipinski definition) is 3. The first-order chi connectivity index (χ1) is 11.1. The maximum atomic E-state index is 12.2. The van der Waals surface area contributed by atoms with Gasteiger partial charge in [0.1, 0.15) is 5.76 Å². The number of guanidine groups is 1. The van der Waals surface area contributed by atoms with Gasteiger partial charge in [-0.15, -0.1) is 24.0 Å². The Morgan fingerprint density at radius 3 is 2.54 bits per heavy atom. The van der Waals surface area contributed by atoms with Crippen LogP contribution in [0.15, 0.2) is 27.8 Å². The van der Waals surface area contributed by atoms with E-state index in [-0.39, 0.29) is 29.9 Å². The van der Waals surface area contributed by atoms with Crippen molar-refractivity contribution in [2.75, 3.05) is 39.8 Å². The maximum Gasteiger partial charge on any atom is 0.242 e. The SMILES string of the molecule is CCCN=C(NCCc1ccco1)N(C)CC(=O)N(CC)CC.I. The first-order valence-electron chi connectivity index (χ1n) is 8.41. The molecule has 0 radical (unpaired) electrons. The second-order valence-corrected chi connectivity index (χ2v) is 5.38. The number of hydrogen-bond donors (Lipinski definition) is 1. The summed E-state index contributed by atoms with van der Waals surface area (Å²) in [4.78, 5) is 20.5. The molecule has 0 aliphatic heterocycles. The normalized spacial score (nSPS) is 10.9. The van der Waals surface area contributed by atoms with Gasteiger partial charge in [0.15, 0.2) is 5.96 Å². The van der Waals surface area contributed by atoms with Crippen LogP contribution in [0.1, 0.15) is 33.0 Å². The summed E-state index contributed by atoms with van der Waals surface area (Å²) < 4.78 is 5.33. The summed E-state index contributed by atoms with van der Waals surface area (Å²) in [5.74, 6) is 1.82. The third kappa shape index (κ3) is 8.03. The number of rotatable bonds is 9. The van der Waals surface area contributed by atoms with Crippen LogP contribution in [0, 0.1) is 0 Å². The Morgan fingerprint density at radius 1 is 1.29 bits per heavy atom. The zero-order valence-corrected chi connectivity index (χ0v) is 17.6. The van der Waals surface area contributed by atoms with Gasteiger partial charge < -0.3 is 19.5 Å². The molecule has 1 heterocycles. The summed E-state index contributed by atoms with van der Waals surface area (Å²) in [6.45, 7) is 9.34. The van der Waals surface area contributed by atoms with Crippen molar-refractivity contribution in [1.82, 2.24) is 15.1 Å². The van der Waals surface area contributed by atoms with E-state index in [2.05, 4.69) is 17.2 Å². The Kier molecular flexibility index (Phi) is 12.4. The lowest BCUT2D eigenvalue weighted by Gasteiger charge is -2.25. The Balaban J connectivity index is 0.00000529. The van der Waals surface area contributed by atoms with Gasteiger partial charge in [-0.25, -0.2) is 0 Å². The van der Waals surface area contributed by atoms with Gasteiger partial charge in [0.2, 0.25) is 5.91 Å². The Bertz CT molecular complexity index is 473. The summed E-state index contributed by atoms with van der Waals surface area (Å²) in [7, 11) is 1.90. The van der Waals surface area contributed by atoms with Gasteiger partial charge in [-0.1, -0.05) is 6.92 Å². The molecule has 1 aromatic heterocycles. The lowest BCUT2D eigenvalue weighted by molar-refractivity contribution is -0.131. The minimum Gasteiger partial charge on any atom is -0.469 e. The molecule has 0 fully saturated rings. The van der Waals surface area contributed by atoms with Gasteiger partial charge >= 0.3 is 0 Å². The van der Waals surface area contributed by atoms with Crippen LogP contribution in [-0.2, 0) is 11.2 Å². The number of nitrogens with zero attached hydrogens (tertiary/aromatic N) is 3. The quantitative estimate of drug-likeness (QED) is 0.357. The van der Waals surface area contributed by atoms with Crippen LogP contribution >= 0.6 is 24.0 Å². The highest BCUT2D eigenvalue weighted by Crippen LogP contribution is 2.00. The largest absolute Gasteiger partial charge is 0.469 e. The van der Waals surface area contributed by atoms with Crippen molar-refractivity contribution in [2.45, 2.75) is 33.6 Å². The van der Waals surface area contributed by atoms with Gasteiger partial charge in [-0.2, -0.15) is 0 Å². The molecule has 0 aromatic carbocycles. The maximum absolute atomic E-state index is 12.2. The van der Waals surface area contributed by atoms with Crippen molar-refractivity contribution in [1.29, 1.82) is 0 Å². The smallest absolute Gasteiger partial charge is 0.242 e. The number of halogens is 1. The van der Waals surface area contributed by atoms with Gasteiger partial charge in [-0.3, -0.25) is 9.79 Å². The number of nitrogens with one attached hydrogen (secondary N) is 1. The fourth-order valence-corrected chi connectivity index (χ4v) is 2.24. The van der Waals surface area contributed by atoms with Crippen LogP contribution < -0.4 is 5.32 Å². The molecule has 0 spiro atoms. The van der Waals surface area contributed by atoms with E-state index >= 15 is 0 Å². The van der Waals surface area contributed by atoms with E-state index in [1.807, 2.05) is 42.8 Å². The lowest BCUT2D eigenvalue weighted by Crippen LogP contribution is -2.46. The summed E-state index contributed by atoms with van der Waals surface area (Å²) in [5.41, 5.74) is 0. The highest BCUT2D eigenvalue weighted by Gasteiger charge is 2.15. The molecular formula is C17H31IN4O2. The third-order valence-electron chi connectivity index (χ3n) is 3.57. The van der Waals surface area contributed by atoms with Crippen molar-refractivity contribution in [3.8, 4) is 0 Å². The minimum atomic E-state index is 0. The van der Waals surface area contributed by atoms with E-state index in [1.54, 1.807) is 6.26 Å². The molecule has 0 unspecified atom stereocenters. The number of amides is 1. The van der Waals surface area contributed by atoms with Gasteiger partial charge in [0, 0.05) is 39.6 Å². The van der Waals surface area contributed by atoms with Crippen LogP contribution in [0.3, 0.4) is 0 Å². The molecule has 1 amide bonds. The average Bonchev–Trinajstić information content (AvgIpc) is 3.05. The second-order valence-electron chi connectivity index (χ2n) is 5.38. The topological polar surface area (TPSA) is 61.1 Å². The molecule has 7 heteroatoms. The van der Waals surface area contributed by atoms with Crippen LogP contribution in [0.25, 0.3) is 0 Å². The van der Waals surface area contributed by atoms with E-state index in [1.165, 1.54) is 0 Å². The van der Waals surface area contributed by atoms with Crippen LogP contribution in [0.5, 0.6) is 0 Å².